The Hall–Kier alpha value is -2.53. The highest BCUT2D eigenvalue weighted by atomic mass is 35.5. The number of carbonyl (C=O) groups excluding carboxylic acids is 2. The van der Waals surface area contributed by atoms with E-state index in [2.05, 4.69) is 0 Å². The van der Waals surface area contributed by atoms with Gasteiger partial charge in [0.05, 0.1) is 5.69 Å². The third kappa shape index (κ3) is 2.68. The monoisotopic (exact) mass is 302 g/mol. The van der Waals surface area contributed by atoms with Crippen molar-refractivity contribution in [2.45, 2.75) is 0 Å². The lowest BCUT2D eigenvalue weighted by atomic mass is 10.2. The van der Waals surface area contributed by atoms with Crippen LogP contribution >= 0.6 is 11.6 Å². The molecule has 6 heteroatoms. The first-order valence-corrected chi connectivity index (χ1v) is 6.66. The number of halogens is 1. The van der Waals surface area contributed by atoms with Gasteiger partial charge in [0.2, 0.25) is 0 Å². The maximum Gasteiger partial charge on any atom is 0.439 e. The van der Waals surface area contributed by atoms with E-state index in [-0.39, 0.29) is 12.5 Å². The average Bonchev–Trinajstić information content (AvgIpc) is 2.51. The molecule has 1 heterocycles. The zero-order chi connectivity index (χ0) is 14.8. The van der Waals surface area contributed by atoms with Gasteiger partial charge in [-0.25, -0.2) is 4.79 Å². The number of hydrogen-bond acceptors (Lipinski definition) is 3. The molecule has 1 saturated heterocycles. The second-order valence-corrected chi connectivity index (χ2v) is 4.88. The van der Waals surface area contributed by atoms with E-state index in [4.69, 9.17) is 16.4 Å². The summed E-state index contributed by atoms with van der Waals surface area (Å²) in [5, 5.41) is 1.53. The zero-order valence-corrected chi connectivity index (χ0v) is 11.7. The molecular weight excluding hydrogens is 292 g/mol. The number of hydrogen-bond donors (Lipinski definition) is 0. The van der Waals surface area contributed by atoms with Gasteiger partial charge in [-0.15, -0.1) is 5.06 Å². The summed E-state index contributed by atoms with van der Waals surface area (Å²) in [6.07, 6.45) is -0.601. The van der Waals surface area contributed by atoms with Crippen LogP contribution in [0.25, 0.3) is 0 Å². The number of carbonyl (C=O) groups is 2. The minimum absolute atomic E-state index is 0.0779. The molecule has 1 aliphatic rings. The number of rotatable bonds is 2. The normalized spacial score (nSPS) is 15.1. The lowest BCUT2D eigenvalue weighted by molar-refractivity contribution is -0.123. The first-order chi connectivity index (χ1) is 10.1. The van der Waals surface area contributed by atoms with Gasteiger partial charge in [-0.2, -0.15) is 0 Å². The molecule has 1 aliphatic heterocycles. The van der Waals surface area contributed by atoms with Crippen molar-refractivity contribution in [3.63, 3.8) is 0 Å². The van der Waals surface area contributed by atoms with Gasteiger partial charge in [-0.3, -0.25) is 9.69 Å². The summed E-state index contributed by atoms with van der Waals surface area (Å²) in [6.45, 7) is -0.0779. The van der Waals surface area contributed by atoms with Crippen LogP contribution in [0.5, 0.6) is 0 Å². The molecule has 106 valence electrons. The smallest absolute Gasteiger partial charge is 0.313 e. The van der Waals surface area contributed by atoms with Crippen molar-refractivity contribution < 1.29 is 14.4 Å². The number of nitrogens with zero attached hydrogens (tertiary/aromatic N) is 2. The van der Waals surface area contributed by atoms with Crippen LogP contribution in [0.4, 0.5) is 16.2 Å². The fourth-order valence-corrected chi connectivity index (χ4v) is 2.15. The molecule has 0 aromatic heterocycles. The highest BCUT2D eigenvalue weighted by Crippen LogP contribution is 2.24. The number of hydroxylamine groups is 1. The van der Waals surface area contributed by atoms with Crippen LogP contribution in [0.2, 0.25) is 5.02 Å². The number of benzene rings is 2. The Balaban J connectivity index is 1.83. The fourth-order valence-electron chi connectivity index (χ4n) is 2.02. The van der Waals surface area contributed by atoms with Gasteiger partial charge in [0.1, 0.15) is 6.54 Å². The highest BCUT2D eigenvalue weighted by Gasteiger charge is 2.33. The summed E-state index contributed by atoms with van der Waals surface area (Å²) in [7, 11) is 0. The van der Waals surface area contributed by atoms with Crippen molar-refractivity contribution in [1.82, 2.24) is 0 Å². The number of para-hydroxylation sites is 1. The first kappa shape index (κ1) is 13.5. The predicted octanol–water partition coefficient (Wildman–Crippen LogP) is 3.24. The molecule has 0 N–H and O–H groups in total. The van der Waals surface area contributed by atoms with Gasteiger partial charge in [-0.05, 0) is 36.4 Å². The Morgan fingerprint density at radius 2 is 1.57 bits per heavy atom. The van der Waals surface area contributed by atoms with Gasteiger partial charge >= 0.3 is 6.09 Å². The highest BCUT2D eigenvalue weighted by molar-refractivity contribution is 6.30. The second-order valence-electron chi connectivity index (χ2n) is 4.44. The minimum atomic E-state index is -0.601. The molecule has 5 nitrogen and oxygen atoms in total. The van der Waals surface area contributed by atoms with Crippen molar-refractivity contribution in [3.8, 4) is 0 Å². The van der Waals surface area contributed by atoms with E-state index in [9.17, 15) is 9.59 Å². The SMILES string of the molecule is O=C1ON(c2ccc(Cl)cc2)C(=O)CN1c1ccccc1. The van der Waals surface area contributed by atoms with Gasteiger partial charge < -0.3 is 4.84 Å². The molecule has 2 amide bonds. The zero-order valence-electron chi connectivity index (χ0n) is 10.9. The van der Waals surface area contributed by atoms with E-state index in [1.165, 1.54) is 4.90 Å². The Labute approximate surface area is 126 Å². The lowest BCUT2D eigenvalue weighted by Gasteiger charge is -2.32. The molecule has 21 heavy (non-hydrogen) atoms. The largest absolute Gasteiger partial charge is 0.439 e. The fraction of sp³-hybridized carbons (Fsp3) is 0.0667. The summed E-state index contributed by atoms with van der Waals surface area (Å²) in [6, 6.07) is 15.4. The van der Waals surface area contributed by atoms with E-state index >= 15 is 0 Å². The van der Waals surface area contributed by atoms with Crippen LogP contribution in [-0.2, 0) is 9.63 Å². The quantitative estimate of drug-likeness (QED) is 0.855. The molecule has 0 spiro atoms. The summed E-state index contributed by atoms with van der Waals surface area (Å²) in [5.74, 6) is -0.333. The van der Waals surface area contributed by atoms with Crippen LogP contribution in [0, 0.1) is 0 Å². The average molecular weight is 303 g/mol. The van der Waals surface area contributed by atoms with Crippen LogP contribution in [0.15, 0.2) is 54.6 Å². The molecule has 0 radical (unpaired) electrons. The maximum absolute atomic E-state index is 12.2. The minimum Gasteiger partial charge on any atom is -0.313 e. The van der Waals surface area contributed by atoms with Crippen LogP contribution in [0.3, 0.4) is 0 Å². The van der Waals surface area contributed by atoms with E-state index < -0.39 is 6.09 Å². The van der Waals surface area contributed by atoms with Crippen LogP contribution in [0.1, 0.15) is 0 Å². The van der Waals surface area contributed by atoms with Gasteiger partial charge in [-0.1, -0.05) is 29.8 Å². The van der Waals surface area contributed by atoms with Crippen molar-refractivity contribution in [1.29, 1.82) is 0 Å². The molecule has 0 atom stereocenters. The Kier molecular flexibility index (Phi) is 3.50. The molecule has 0 saturated carbocycles. The predicted molar refractivity (Wildman–Crippen MR) is 79.2 cm³/mol. The maximum atomic E-state index is 12.2. The molecule has 0 unspecified atom stereocenters. The van der Waals surface area contributed by atoms with Gasteiger partial charge in [0, 0.05) is 10.7 Å². The Morgan fingerprint density at radius 1 is 0.905 bits per heavy atom. The van der Waals surface area contributed by atoms with E-state index in [1.54, 1.807) is 48.5 Å². The first-order valence-electron chi connectivity index (χ1n) is 6.28. The van der Waals surface area contributed by atoms with Crippen molar-refractivity contribution >= 4 is 35.0 Å². The second kappa shape index (κ2) is 5.46. The molecule has 0 aliphatic carbocycles. The standard InChI is InChI=1S/C15H11ClN2O3/c16-11-6-8-13(9-7-11)18-14(19)10-17(15(20)21-18)12-4-2-1-3-5-12/h1-9H,10H2. The molecular formula is C15H11ClN2O3. The summed E-state index contributed by atoms with van der Waals surface area (Å²) in [4.78, 5) is 30.7. The molecule has 2 aromatic carbocycles. The number of anilines is 2. The van der Waals surface area contributed by atoms with Crippen molar-refractivity contribution in [3.05, 3.63) is 59.6 Å². The van der Waals surface area contributed by atoms with Crippen molar-refractivity contribution in [2.24, 2.45) is 0 Å². The third-order valence-electron chi connectivity index (χ3n) is 3.04. The molecule has 0 bridgehead atoms. The van der Waals surface area contributed by atoms with Gasteiger partial charge in [0.15, 0.2) is 0 Å². The van der Waals surface area contributed by atoms with Crippen LogP contribution in [-0.4, -0.2) is 18.5 Å². The third-order valence-corrected chi connectivity index (χ3v) is 3.29. The summed E-state index contributed by atoms with van der Waals surface area (Å²) >= 11 is 5.80. The van der Waals surface area contributed by atoms with E-state index in [0.29, 0.717) is 16.4 Å². The molecule has 1 fully saturated rings. The van der Waals surface area contributed by atoms with Gasteiger partial charge in [0.25, 0.3) is 5.91 Å². The van der Waals surface area contributed by atoms with E-state index in [0.717, 1.165) is 5.06 Å². The summed E-state index contributed by atoms with van der Waals surface area (Å²) in [5.41, 5.74) is 1.08. The number of amides is 2. The summed E-state index contributed by atoms with van der Waals surface area (Å²) < 4.78 is 0. The van der Waals surface area contributed by atoms with E-state index in [1.807, 2.05) is 6.07 Å². The van der Waals surface area contributed by atoms with Crippen molar-refractivity contribution in [2.75, 3.05) is 16.5 Å². The topological polar surface area (TPSA) is 49.9 Å². The molecule has 3 rings (SSSR count). The Bertz CT molecular complexity index is 673. The Morgan fingerprint density at radius 3 is 2.24 bits per heavy atom. The van der Waals surface area contributed by atoms with Crippen LogP contribution < -0.4 is 9.96 Å². The molecule has 2 aromatic rings. The lowest BCUT2D eigenvalue weighted by Crippen LogP contribution is -2.52.